The van der Waals surface area contributed by atoms with Gasteiger partial charge in [0.15, 0.2) is 0 Å². The summed E-state index contributed by atoms with van der Waals surface area (Å²) < 4.78 is 5.85. The fourth-order valence-corrected chi connectivity index (χ4v) is 4.30. The molecule has 0 saturated carbocycles. The van der Waals surface area contributed by atoms with E-state index in [1.54, 1.807) is 0 Å². The number of hydrogen-bond acceptors (Lipinski definition) is 4. The molecule has 27 heavy (non-hydrogen) atoms. The zero-order valence-electron chi connectivity index (χ0n) is 14.7. The smallest absolute Gasteiger partial charge is 0.228 e. The lowest BCUT2D eigenvalue weighted by atomic mass is 10.1. The summed E-state index contributed by atoms with van der Waals surface area (Å²) in [6, 6.07) is 17.7. The number of morpholine rings is 1. The predicted molar refractivity (Wildman–Crippen MR) is 108 cm³/mol. The summed E-state index contributed by atoms with van der Waals surface area (Å²) >= 11 is 7.76. The van der Waals surface area contributed by atoms with Gasteiger partial charge in [-0.15, -0.1) is 11.3 Å². The molecule has 1 unspecified atom stereocenters. The molecule has 0 spiro atoms. The van der Waals surface area contributed by atoms with E-state index in [0.29, 0.717) is 31.1 Å². The monoisotopic (exact) mass is 398 g/mol. The Balaban J connectivity index is 1.43. The van der Waals surface area contributed by atoms with E-state index in [1.807, 2.05) is 64.9 Å². The van der Waals surface area contributed by atoms with Crippen LogP contribution in [0.3, 0.4) is 0 Å². The average Bonchev–Trinajstić information content (AvgIpc) is 3.17. The lowest BCUT2D eigenvalue weighted by molar-refractivity contribution is -0.138. The Kier molecular flexibility index (Phi) is 5.53. The number of benzene rings is 2. The van der Waals surface area contributed by atoms with E-state index in [9.17, 15) is 4.79 Å². The van der Waals surface area contributed by atoms with Gasteiger partial charge in [-0.25, -0.2) is 4.98 Å². The number of hydrogen-bond donors (Lipinski definition) is 0. The standard InChI is InChI=1S/C21H19ClN2O2S/c22-18-9-5-4-8-17(18)21-23-16(14-27-21)12-20(25)24-10-11-26-19(13-24)15-6-2-1-3-7-15/h1-9,14,19H,10-13H2. The van der Waals surface area contributed by atoms with E-state index >= 15 is 0 Å². The largest absolute Gasteiger partial charge is 0.370 e. The first-order valence-electron chi connectivity index (χ1n) is 8.84. The van der Waals surface area contributed by atoms with Crippen LogP contribution in [0.1, 0.15) is 17.4 Å². The summed E-state index contributed by atoms with van der Waals surface area (Å²) in [4.78, 5) is 19.2. The number of amides is 1. The third-order valence-electron chi connectivity index (χ3n) is 4.58. The predicted octanol–water partition coefficient (Wildman–Crippen LogP) is 4.61. The van der Waals surface area contributed by atoms with Crippen LogP contribution in [0.25, 0.3) is 10.6 Å². The van der Waals surface area contributed by atoms with Crippen molar-refractivity contribution >= 4 is 28.8 Å². The molecule has 0 aliphatic carbocycles. The third-order valence-corrected chi connectivity index (χ3v) is 5.83. The maximum absolute atomic E-state index is 12.8. The number of aromatic nitrogens is 1. The maximum Gasteiger partial charge on any atom is 0.228 e. The molecule has 0 bridgehead atoms. The van der Waals surface area contributed by atoms with E-state index in [0.717, 1.165) is 21.8 Å². The van der Waals surface area contributed by atoms with Crippen molar-refractivity contribution in [3.8, 4) is 10.6 Å². The topological polar surface area (TPSA) is 42.4 Å². The highest BCUT2D eigenvalue weighted by atomic mass is 35.5. The van der Waals surface area contributed by atoms with Crippen LogP contribution in [0, 0.1) is 0 Å². The van der Waals surface area contributed by atoms with Gasteiger partial charge in [0.2, 0.25) is 5.91 Å². The fourth-order valence-electron chi connectivity index (χ4n) is 3.16. The van der Waals surface area contributed by atoms with E-state index in [2.05, 4.69) is 4.98 Å². The third kappa shape index (κ3) is 4.21. The second-order valence-corrected chi connectivity index (χ2v) is 7.68. The number of ether oxygens (including phenoxy) is 1. The molecule has 1 aliphatic rings. The van der Waals surface area contributed by atoms with Crippen LogP contribution >= 0.6 is 22.9 Å². The molecule has 1 amide bonds. The van der Waals surface area contributed by atoms with Gasteiger partial charge < -0.3 is 9.64 Å². The van der Waals surface area contributed by atoms with Crippen LogP contribution in [-0.2, 0) is 16.0 Å². The first kappa shape index (κ1) is 18.2. The van der Waals surface area contributed by atoms with Crippen molar-refractivity contribution in [1.82, 2.24) is 9.88 Å². The molecule has 3 aromatic rings. The van der Waals surface area contributed by atoms with Crippen LogP contribution < -0.4 is 0 Å². The molecule has 1 atom stereocenters. The maximum atomic E-state index is 12.8. The van der Waals surface area contributed by atoms with Crippen LogP contribution in [0.4, 0.5) is 0 Å². The summed E-state index contributed by atoms with van der Waals surface area (Å²) in [5.74, 6) is 0.0789. The molecular formula is C21H19ClN2O2S. The molecule has 1 aromatic heterocycles. The van der Waals surface area contributed by atoms with Crippen LogP contribution in [0.2, 0.25) is 5.02 Å². The Morgan fingerprint density at radius 2 is 1.96 bits per heavy atom. The minimum absolute atomic E-state index is 0.0713. The van der Waals surface area contributed by atoms with Gasteiger partial charge in [-0.2, -0.15) is 0 Å². The van der Waals surface area contributed by atoms with Crippen LogP contribution in [0.15, 0.2) is 60.0 Å². The number of carbonyl (C=O) groups excluding carboxylic acids is 1. The summed E-state index contributed by atoms with van der Waals surface area (Å²) in [7, 11) is 0. The first-order chi connectivity index (χ1) is 13.2. The summed E-state index contributed by atoms with van der Waals surface area (Å²) in [6.45, 7) is 1.74. The Morgan fingerprint density at radius 1 is 1.19 bits per heavy atom. The lowest BCUT2D eigenvalue weighted by Crippen LogP contribution is -2.43. The Bertz CT molecular complexity index is 929. The zero-order valence-corrected chi connectivity index (χ0v) is 16.2. The highest BCUT2D eigenvalue weighted by molar-refractivity contribution is 7.13. The zero-order chi connectivity index (χ0) is 18.6. The molecule has 1 saturated heterocycles. The van der Waals surface area contributed by atoms with Gasteiger partial charge in [0.05, 0.1) is 30.3 Å². The molecule has 0 radical (unpaired) electrons. The summed E-state index contributed by atoms with van der Waals surface area (Å²) in [6.07, 6.45) is 0.223. The van der Waals surface area contributed by atoms with Crippen molar-refractivity contribution in [3.05, 3.63) is 76.3 Å². The van der Waals surface area contributed by atoms with Gasteiger partial charge in [0, 0.05) is 17.5 Å². The van der Waals surface area contributed by atoms with Crippen molar-refractivity contribution < 1.29 is 9.53 Å². The normalized spacial score (nSPS) is 17.1. The number of carbonyl (C=O) groups is 1. The van der Waals surface area contributed by atoms with Gasteiger partial charge in [0.25, 0.3) is 0 Å². The molecule has 6 heteroatoms. The second kappa shape index (κ2) is 8.21. The quantitative estimate of drug-likeness (QED) is 0.644. The summed E-state index contributed by atoms with van der Waals surface area (Å²) in [5.41, 5.74) is 2.78. The Morgan fingerprint density at radius 3 is 2.78 bits per heavy atom. The number of halogens is 1. The lowest BCUT2D eigenvalue weighted by Gasteiger charge is -2.33. The molecule has 2 heterocycles. The van der Waals surface area contributed by atoms with Crippen molar-refractivity contribution in [2.24, 2.45) is 0 Å². The van der Waals surface area contributed by atoms with Gasteiger partial charge in [-0.3, -0.25) is 4.79 Å². The number of thiazole rings is 1. The second-order valence-electron chi connectivity index (χ2n) is 6.41. The summed E-state index contributed by atoms with van der Waals surface area (Å²) in [5, 5.41) is 3.45. The fraction of sp³-hybridized carbons (Fsp3) is 0.238. The first-order valence-corrected chi connectivity index (χ1v) is 10.1. The van der Waals surface area contributed by atoms with E-state index in [-0.39, 0.29) is 12.0 Å². The van der Waals surface area contributed by atoms with E-state index < -0.39 is 0 Å². The average molecular weight is 399 g/mol. The molecule has 1 fully saturated rings. The van der Waals surface area contributed by atoms with Crippen molar-refractivity contribution in [2.75, 3.05) is 19.7 Å². The SMILES string of the molecule is O=C(Cc1csc(-c2ccccc2Cl)n1)N1CCOC(c2ccccc2)C1. The van der Waals surface area contributed by atoms with Crippen LogP contribution in [0.5, 0.6) is 0 Å². The van der Waals surface area contributed by atoms with Gasteiger partial charge in [-0.05, 0) is 11.6 Å². The van der Waals surface area contributed by atoms with Crippen molar-refractivity contribution in [3.63, 3.8) is 0 Å². The minimum Gasteiger partial charge on any atom is -0.370 e. The molecule has 0 N–H and O–H groups in total. The molecule has 138 valence electrons. The van der Waals surface area contributed by atoms with E-state index in [4.69, 9.17) is 16.3 Å². The number of nitrogens with zero attached hydrogens (tertiary/aromatic N) is 2. The highest BCUT2D eigenvalue weighted by Crippen LogP contribution is 2.30. The molecule has 1 aliphatic heterocycles. The molecule has 4 rings (SSSR count). The highest BCUT2D eigenvalue weighted by Gasteiger charge is 2.25. The molecule has 4 nitrogen and oxygen atoms in total. The Hall–Kier alpha value is -2.21. The molecular weight excluding hydrogens is 380 g/mol. The van der Waals surface area contributed by atoms with Crippen LogP contribution in [-0.4, -0.2) is 35.5 Å². The Labute approximate surface area is 167 Å². The van der Waals surface area contributed by atoms with Gasteiger partial charge in [-0.1, -0.05) is 60.1 Å². The van der Waals surface area contributed by atoms with Gasteiger partial charge in [0.1, 0.15) is 11.1 Å². The van der Waals surface area contributed by atoms with Gasteiger partial charge >= 0.3 is 0 Å². The minimum atomic E-state index is -0.0713. The molecule has 2 aromatic carbocycles. The van der Waals surface area contributed by atoms with Crippen molar-refractivity contribution in [1.29, 1.82) is 0 Å². The number of rotatable bonds is 4. The van der Waals surface area contributed by atoms with E-state index in [1.165, 1.54) is 11.3 Å². The van der Waals surface area contributed by atoms with Crippen molar-refractivity contribution in [2.45, 2.75) is 12.5 Å².